The zero-order valence-corrected chi connectivity index (χ0v) is 14.5. The van der Waals surface area contributed by atoms with E-state index in [1.165, 1.54) is 54.4 Å². The Hall–Kier alpha value is -0.610. The molecule has 2 unspecified atom stereocenters. The molecule has 0 amide bonds. The number of rotatable bonds is 6. The van der Waals surface area contributed by atoms with Crippen molar-refractivity contribution in [2.24, 2.45) is 5.92 Å². The molecule has 1 saturated heterocycles. The largest absolute Gasteiger partial charge is 0.345 e. The summed E-state index contributed by atoms with van der Waals surface area (Å²) in [5.41, 5.74) is 1.34. The van der Waals surface area contributed by atoms with Crippen LogP contribution in [0.2, 0.25) is 0 Å². The van der Waals surface area contributed by atoms with Crippen LogP contribution < -0.4 is 10.2 Å². The first kappa shape index (κ1) is 15.3. The molecule has 0 aromatic carbocycles. The van der Waals surface area contributed by atoms with E-state index >= 15 is 0 Å². The van der Waals surface area contributed by atoms with Gasteiger partial charge in [0.15, 0.2) is 5.13 Å². The van der Waals surface area contributed by atoms with Crippen molar-refractivity contribution in [2.45, 2.75) is 77.9 Å². The van der Waals surface area contributed by atoms with Gasteiger partial charge in [-0.2, -0.15) is 0 Å². The summed E-state index contributed by atoms with van der Waals surface area (Å²) in [5.74, 6) is 0.799. The predicted octanol–water partition coefficient (Wildman–Crippen LogP) is 3.97. The molecule has 0 bridgehead atoms. The van der Waals surface area contributed by atoms with E-state index in [-0.39, 0.29) is 0 Å². The molecule has 0 spiro atoms. The van der Waals surface area contributed by atoms with Crippen LogP contribution in [0, 0.1) is 5.92 Å². The number of anilines is 1. The summed E-state index contributed by atoms with van der Waals surface area (Å²) < 4.78 is 0. The Morgan fingerprint density at radius 2 is 2.05 bits per heavy atom. The Balaban J connectivity index is 1.75. The average Bonchev–Trinajstić information content (AvgIpc) is 3.21. The maximum absolute atomic E-state index is 5.01. The minimum absolute atomic E-state index is 0.645. The molecule has 1 aliphatic carbocycles. The van der Waals surface area contributed by atoms with Crippen molar-refractivity contribution >= 4 is 16.5 Å². The van der Waals surface area contributed by atoms with E-state index in [2.05, 4.69) is 31.0 Å². The van der Waals surface area contributed by atoms with Gasteiger partial charge >= 0.3 is 0 Å². The van der Waals surface area contributed by atoms with Crippen LogP contribution in [0.4, 0.5) is 5.13 Å². The van der Waals surface area contributed by atoms with Crippen molar-refractivity contribution in [3.63, 3.8) is 0 Å². The monoisotopic (exact) mass is 307 g/mol. The molecule has 2 atom stereocenters. The van der Waals surface area contributed by atoms with Gasteiger partial charge in [-0.15, -0.1) is 11.3 Å². The molecule has 2 aliphatic rings. The second-order valence-electron chi connectivity index (χ2n) is 6.96. The summed E-state index contributed by atoms with van der Waals surface area (Å²) in [5, 5.41) is 4.93. The highest BCUT2D eigenvalue weighted by Gasteiger charge is 2.27. The smallest absolute Gasteiger partial charge is 0.186 e. The van der Waals surface area contributed by atoms with Gasteiger partial charge < -0.3 is 10.2 Å². The van der Waals surface area contributed by atoms with Crippen LogP contribution in [-0.4, -0.2) is 23.6 Å². The first-order valence-electron chi connectivity index (χ1n) is 8.66. The summed E-state index contributed by atoms with van der Waals surface area (Å²) in [7, 11) is 0. The lowest BCUT2D eigenvalue weighted by atomic mass is 9.96. The Kier molecular flexibility index (Phi) is 4.85. The zero-order chi connectivity index (χ0) is 14.8. The van der Waals surface area contributed by atoms with E-state index in [1.807, 2.05) is 11.3 Å². The van der Waals surface area contributed by atoms with E-state index in [1.54, 1.807) is 0 Å². The summed E-state index contributed by atoms with van der Waals surface area (Å²) in [6.07, 6.45) is 7.69. The summed E-state index contributed by atoms with van der Waals surface area (Å²) in [4.78, 5) is 9.04. The SMILES string of the molecule is CCCc1nc(N2CC(C)CCC2C)sc1CNC1CC1. The van der Waals surface area contributed by atoms with Crippen LogP contribution in [0.3, 0.4) is 0 Å². The Bertz CT molecular complexity index is 467. The van der Waals surface area contributed by atoms with Crippen molar-refractivity contribution in [1.82, 2.24) is 10.3 Å². The van der Waals surface area contributed by atoms with Crippen molar-refractivity contribution in [1.29, 1.82) is 0 Å². The van der Waals surface area contributed by atoms with Gasteiger partial charge in [0.25, 0.3) is 0 Å². The van der Waals surface area contributed by atoms with Gasteiger partial charge in [0.2, 0.25) is 0 Å². The molecule has 4 heteroatoms. The van der Waals surface area contributed by atoms with Crippen LogP contribution >= 0.6 is 11.3 Å². The normalized spacial score (nSPS) is 26.3. The molecule has 0 radical (unpaired) electrons. The van der Waals surface area contributed by atoms with Gasteiger partial charge in [-0.1, -0.05) is 20.3 Å². The van der Waals surface area contributed by atoms with Gasteiger partial charge in [0.1, 0.15) is 0 Å². The second-order valence-corrected chi connectivity index (χ2v) is 8.02. The van der Waals surface area contributed by atoms with Crippen LogP contribution in [0.25, 0.3) is 0 Å². The van der Waals surface area contributed by atoms with Crippen molar-refractivity contribution in [3.8, 4) is 0 Å². The molecule has 3 rings (SSSR count). The summed E-state index contributed by atoms with van der Waals surface area (Å²) >= 11 is 1.93. The number of hydrogen-bond donors (Lipinski definition) is 1. The van der Waals surface area contributed by atoms with Crippen molar-refractivity contribution < 1.29 is 0 Å². The fourth-order valence-electron chi connectivity index (χ4n) is 3.14. The zero-order valence-electron chi connectivity index (χ0n) is 13.7. The van der Waals surface area contributed by atoms with Gasteiger partial charge in [0.05, 0.1) is 5.69 Å². The van der Waals surface area contributed by atoms with E-state index in [0.29, 0.717) is 6.04 Å². The van der Waals surface area contributed by atoms with Crippen LogP contribution in [0.1, 0.15) is 63.4 Å². The number of nitrogens with zero attached hydrogens (tertiary/aromatic N) is 2. The lowest BCUT2D eigenvalue weighted by molar-refractivity contribution is 0.390. The van der Waals surface area contributed by atoms with E-state index < -0.39 is 0 Å². The third-order valence-corrected chi connectivity index (χ3v) is 5.88. The Morgan fingerprint density at radius 3 is 2.76 bits per heavy atom. The maximum Gasteiger partial charge on any atom is 0.186 e. The highest BCUT2D eigenvalue weighted by molar-refractivity contribution is 7.15. The number of aromatic nitrogens is 1. The molecule has 1 aromatic heterocycles. The maximum atomic E-state index is 5.01. The molecule has 1 aromatic rings. The first-order chi connectivity index (χ1) is 10.2. The fraction of sp³-hybridized carbons (Fsp3) is 0.824. The second kappa shape index (κ2) is 6.66. The number of nitrogens with one attached hydrogen (secondary N) is 1. The van der Waals surface area contributed by atoms with Crippen molar-refractivity contribution in [3.05, 3.63) is 10.6 Å². The lowest BCUT2D eigenvalue weighted by Crippen LogP contribution is -2.41. The van der Waals surface area contributed by atoms with Crippen LogP contribution in [0.5, 0.6) is 0 Å². The van der Waals surface area contributed by atoms with Crippen LogP contribution in [0.15, 0.2) is 0 Å². The summed E-state index contributed by atoms with van der Waals surface area (Å²) in [6, 6.07) is 1.42. The molecular formula is C17H29N3S. The summed E-state index contributed by atoms with van der Waals surface area (Å²) in [6.45, 7) is 9.18. The van der Waals surface area contributed by atoms with E-state index in [4.69, 9.17) is 4.98 Å². The Labute approximate surface area is 133 Å². The van der Waals surface area contributed by atoms with Gasteiger partial charge in [-0.05, 0) is 44.9 Å². The molecule has 1 aliphatic heterocycles. The van der Waals surface area contributed by atoms with Gasteiger partial charge in [0, 0.05) is 30.1 Å². The molecule has 1 N–H and O–H groups in total. The van der Waals surface area contributed by atoms with Crippen LogP contribution in [-0.2, 0) is 13.0 Å². The minimum Gasteiger partial charge on any atom is -0.345 e. The topological polar surface area (TPSA) is 28.2 Å². The highest BCUT2D eigenvalue weighted by atomic mass is 32.1. The minimum atomic E-state index is 0.645. The fourth-order valence-corrected chi connectivity index (χ4v) is 4.31. The van der Waals surface area contributed by atoms with Gasteiger partial charge in [-0.25, -0.2) is 4.98 Å². The average molecular weight is 308 g/mol. The quantitative estimate of drug-likeness (QED) is 0.862. The molecule has 3 nitrogen and oxygen atoms in total. The van der Waals surface area contributed by atoms with Gasteiger partial charge in [-0.3, -0.25) is 0 Å². The molecule has 2 heterocycles. The molecule has 2 fully saturated rings. The molecule has 118 valence electrons. The molecular weight excluding hydrogens is 278 g/mol. The molecule has 1 saturated carbocycles. The molecule has 21 heavy (non-hydrogen) atoms. The number of thiazole rings is 1. The number of hydrogen-bond acceptors (Lipinski definition) is 4. The van der Waals surface area contributed by atoms with Crippen molar-refractivity contribution in [2.75, 3.05) is 11.4 Å². The van der Waals surface area contributed by atoms with E-state index in [0.717, 1.165) is 24.9 Å². The third kappa shape index (κ3) is 3.78. The highest BCUT2D eigenvalue weighted by Crippen LogP contribution is 2.33. The first-order valence-corrected chi connectivity index (χ1v) is 9.47. The number of piperidine rings is 1. The van der Waals surface area contributed by atoms with E-state index in [9.17, 15) is 0 Å². The third-order valence-electron chi connectivity index (χ3n) is 4.75. The predicted molar refractivity (Wildman–Crippen MR) is 91.2 cm³/mol. The standard InChI is InChI=1S/C17H29N3S/c1-4-5-15-16(10-18-14-8-9-14)21-17(19-15)20-11-12(2)6-7-13(20)3/h12-14,18H,4-11H2,1-3H3. The number of aryl methyl sites for hydroxylation is 1. The Morgan fingerprint density at radius 1 is 1.24 bits per heavy atom. The lowest BCUT2D eigenvalue weighted by Gasteiger charge is -2.36.